The Morgan fingerprint density at radius 2 is 1.70 bits per heavy atom. The number of carbonyl (C=O) groups excluding carboxylic acids is 3. The van der Waals surface area contributed by atoms with E-state index in [1.807, 2.05) is 36.4 Å². The summed E-state index contributed by atoms with van der Waals surface area (Å²) in [5, 5.41) is 4.90. The fraction of sp³-hybridized carbons (Fsp3) is 0.269. The Hall–Kier alpha value is -3.71. The lowest BCUT2D eigenvalue weighted by molar-refractivity contribution is -0.116. The van der Waals surface area contributed by atoms with Gasteiger partial charge in [-0.1, -0.05) is 36.4 Å². The van der Waals surface area contributed by atoms with Crippen LogP contribution in [0.5, 0.6) is 0 Å². The lowest BCUT2D eigenvalue weighted by Crippen LogP contribution is -2.41. The van der Waals surface area contributed by atoms with Crippen molar-refractivity contribution in [1.82, 2.24) is 4.90 Å². The first-order valence-electron chi connectivity index (χ1n) is 11.2. The third-order valence-corrected chi connectivity index (χ3v) is 6.16. The zero-order valence-electron chi connectivity index (χ0n) is 18.3. The van der Waals surface area contributed by atoms with Gasteiger partial charge in [0.05, 0.1) is 30.2 Å². The summed E-state index contributed by atoms with van der Waals surface area (Å²) in [4.78, 5) is 41.9. The van der Waals surface area contributed by atoms with Gasteiger partial charge >= 0.3 is 0 Å². The monoisotopic (exact) mass is 443 g/mol. The Bertz CT molecular complexity index is 1230. The van der Waals surface area contributed by atoms with Crippen LogP contribution in [0.25, 0.3) is 10.8 Å². The van der Waals surface area contributed by atoms with Crippen LogP contribution in [-0.4, -0.2) is 55.5 Å². The zero-order valence-corrected chi connectivity index (χ0v) is 18.3. The molecular formula is C26H25N3O4. The Kier molecular flexibility index (Phi) is 5.79. The lowest BCUT2D eigenvalue weighted by atomic mass is 10.1. The molecule has 3 aromatic rings. The Morgan fingerprint density at radius 1 is 0.939 bits per heavy atom. The number of para-hydroxylation sites is 1. The predicted molar refractivity (Wildman–Crippen MR) is 127 cm³/mol. The van der Waals surface area contributed by atoms with Crippen LogP contribution < -0.4 is 10.2 Å². The minimum atomic E-state index is -0.181. The summed E-state index contributed by atoms with van der Waals surface area (Å²) in [6, 6.07) is 18.7. The van der Waals surface area contributed by atoms with Gasteiger partial charge in [0.15, 0.2) is 0 Å². The van der Waals surface area contributed by atoms with E-state index in [1.54, 1.807) is 34.1 Å². The van der Waals surface area contributed by atoms with Gasteiger partial charge in [0.2, 0.25) is 5.91 Å². The molecule has 0 atom stereocenters. The quantitative estimate of drug-likeness (QED) is 0.630. The first-order chi connectivity index (χ1) is 16.1. The summed E-state index contributed by atoms with van der Waals surface area (Å²) in [7, 11) is 0. The zero-order chi connectivity index (χ0) is 22.8. The third-order valence-electron chi connectivity index (χ3n) is 6.16. The van der Waals surface area contributed by atoms with Crippen LogP contribution >= 0.6 is 0 Å². The maximum absolute atomic E-state index is 12.9. The molecule has 2 aliphatic rings. The highest BCUT2D eigenvalue weighted by Gasteiger charge is 2.29. The smallest absolute Gasteiger partial charge is 0.258 e. The molecule has 7 heteroatoms. The molecule has 1 fully saturated rings. The molecule has 2 heterocycles. The van der Waals surface area contributed by atoms with E-state index in [2.05, 4.69) is 5.32 Å². The number of benzene rings is 3. The van der Waals surface area contributed by atoms with Crippen LogP contribution in [0.3, 0.4) is 0 Å². The molecule has 0 unspecified atom stereocenters. The van der Waals surface area contributed by atoms with Crippen molar-refractivity contribution in [1.29, 1.82) is 0 Å². The van der Waals surface area contributed by atoms with E-state index in [-0.39, 0.29) is 24.1 Å². The molecule has 168 valence electrons. The molecule has 0 aliphatic carbocycles. The van der Waals surface area contributed by atoms with E-state index < -0.39 is 0 Å². The molecule has 2 aliphatic heterocycles. The third kappa shape index (κ3) is 4.07. The highest BCUT2D eigenvalue weighted by atomic mass is 16.5. The van der Waals surface area contributed by atoms with Gasteiger partial charge in [-0.15, -0.1) is 0 Å². The number of nitrogens with zero attached hydrogens (tertiary/aromatic N) is 2. The largest absolute Gasteiger partial charge is 0.378 e. The molecule has 0 saturated carbocycles. The molecule has 3 amide bonds. The van der Waals surface area contributed by atoms with E-state index in [9.17, 15) is 14.4 Å². The summed E-state index contributed by atoms with van der Waals surface area (Å²) in [5.41, 5.74) is 2.59. The molecule has 0 radical (unpaired) electrons. The Morgan fingerprint density at radius 3 is 2.52 bits per heavy atom. The standard InChI is InChI=1S/C26H25N3O4/c30-23(27-21-10-2-1-8-19(21)25(31)28-14-16-33-17-15-28)12-5-13-29-22-11-4-7-18-6-3-9-20(24(18)22)26(29)32/h1-4,6-11H,5,12-17H2,(H,27,30). The highest BCUT2D eigenvalue weighted by molar-refractivity contribution is 6.25. The topological polar surface area (TPSA) is 79.0 Å². The molecule has 0 bridgehead atoms. The van der Waals surface area contributed by atoms with Gasteiger partial charge in [-0.3, -0.25) is 14.4 Å². The minimum absolute atomic E-state index is 0.0244. The second kappa shape index (κ2) is 9.03. The number of hydrogen-bond donors (Lipinski definition) is 1. The number of hydrogen-bond acceptors (Lipinski definition) is 4. The number of ether oxygens (including phenoxy) is 1. The summed E-state index contributed by atoms with van der Waals surface area (Å²) in [6.45, 7) is 2.58. The molecule has 1 N–H and O–H groups in total. The Balaban J connectivity index is 1.22. The number of anilines is 2. The average molecular weight is 444 g/mol. The maximum atomic E-state index is 12.9. The van der Waals surface area contributed by atoms with Crippen molar-refractivity contribution in [2.24, 2.45) is 0 Å². The first kappa shape index (κ1) is 21.2. The average Bonchev–Trinajstić information content (AvgIpc) is 3.12. The summed E-state index contributed by atoms with van der Waals surface area (Å²) in [5.74, 6) is -0.314. The molecule has 7 nitrogen and oxygen atoms in total. The number of carbonyl (C=O) groups is 3. The van der Waals surface area contributed by atoms with Crippen molar-refractivity contribution in [2.45, 2.75) is 12.8 Å². The van der Waals surface area contributed by atoms with E-state index in [0.717, 1.165) is 16.5 Å². The van der Waals surface area contributed by atoms with E-state index >= 15 is 0 Å². The van der Waals surface area contributed by atoms with Gasteiger partial charge in [-0.2, -0.15) is 0 Å². The number of nitrogens with one attached hydrogen (secondary N) is 1. The Labute approximate surface area is 191 Å². The molecular weight excluding hydrogens is 418 g/mol. The van der Waals surface area contributed by atoms with Crippen LogP contribution in [-0.2, 0) is 9.53 Å². The molecule has 1 saturated heterocycles. The van der Waals surface area contributed by atoms with Gasteiger partial charge in [0, 0.05) is 37.0 Å². The second-order valence-corrected chi connectivity index (χ2v) is 8.24. The van der Waals surface area contributed by atoms with Crippen molar-refractivity contribution in [3.8, 4) is 0 Å². The lowest BCUT2D eigenvalue weighted by Gasteiger charge is -2.27. The summed E-state index contributed by atoms with van der Waals surface area (Å²) < 4.78 is 5.32. The second-order valence-electron chi connectivity index (χ2n) is 8.24. The van der Waals surface area contributed by atoms with Crippen molar-refractivity contribution in [3.63, 3.8) is 0 Å². The molecule has 0 aromatic heterocycles. The molecule has 3 aromatic carbocycles. The van der Waals surface area contributed by atoms with Crippen LogP contribution in [0.4, 0.5) is 11.4 Å². The van der Waals surface area contributed by atoms with Gasteiger partial charge in [0.1, 0.15) is 0 Å². The van der Waals surface area contributed by atoms with Crippen molar-refractivity contribution < 1.29 is 19.1 Å². The number of amides is 3. The van der Waals surface area contributed by atoms with Crippen molar-refractivity contribution in [2.75, 3.05) is 43.1 Å². The fourth-order valence-electron chi connectivity index (χ4n) is 4.53. The van der Waals surface area contributed by atoms with Crippen LogP contribution in [0, 0.1) is 0 Å². The van der Waals surface area contributed by atoms with Crippen molar-refractivity contribution >= 4 is 39.9 Å². The maximum Gasteiger partial charge on any atom is 0.258 e. The summed E-state index contributed by atoms with van der Waals surface area (Å²) in [6.07, 6.45) is 0.762. The van der Waals surface area contributed by atoms with Gasteiger partial charge in [0.25, 0.3) is 11.8 Å². The summed E-state index contributed by atoms with van der Waals surface area (Å²) >= 11 is 0. The van der Waals surface area contributed by atoms with E-state index in [4.69, 9.17) is 4.74 Å². The molecule has 5 rings (SSSR count). The van der Waals surface area contributed by atoms with Gasteiger partial charge in [-0.05, 0) is 36.1 Å². The van der Waals surface area contributed by atoms with Gasteiger partial charge in [-0.25, -0.2) is 0 Å². The fourth-order valence-corrected chi connectivity index (χ4v) is 4.53. The first-order valence-corrected chi connectivity index (χ1v) is 11.2. The normalized spacial score (nSPS) is 15.2. The van der Waals surface area contributed by atoms with Crippen molar-refractivity contribution in [3.05, 3.63) is 71.8 Å². The van der Waals surface area contributed by atoms with Gasteiger partial charge < -0.3 is 19.9 Å². The van der Waals surface area contributed by atoms with E-state index in [0.29, 0.717) is 56.1 Å². The SMILES string of the molecule is O=C(CCCN1C(=O)c2cccc3cccc1c23)Nc1ccccc1C(=O)N1CCOCC1. The number of rotatable bonds is 6. The van der Waals surface area contributed by atoms with Crippen LogP contribution in [0.1, 0.15) is 33.6 Å². The van der Waals surface area contributed by atoms with Crippen LogP contribution in [0.2, 0.25) is 0 Å². The molecule has 0 spiro atoms. The minimum Gasteiger partial charge on any atom is -0.378 e. The van der Waals surface area contributed by atoms with Crippen LogP contribution in [0.15, 0.2) is 60.7 Å². The number of morpholine rings is 1. The highest BCUT2D eigenvalue weighted by Crippen LogP contribution is 2.37. The van der Waals surface area contributed by atoms with E-state index in [1.165, 1.54) is 0 Å². The predicted octanol–water partition coefficient (Wildman–Crippen LogP) is 3.69. The molecule has 33 heavy (non-hydrogen) atoms.